The molecule has 0 bridgehead atoms. The maximum atomic E-state index is 5.80. The van der Waals surface area contributed by atoms with Crippen LogP contribution in [0.25, 0.3) is 0 Å². The maximum absolute atomic E-state index is 5.80. The minimum atomic E-state index is 0.530. The molecule has 0 radical (unpaired) electrons. The van der Waals surface area contributed by atoms with Crippen LogP contribution in [0.1, 0.15) is 24.6 Å². The Morgan fingerprint density at radius 3 is 2.48 bits per heavy atom. The summed E-state index contributed by atoms with van der Waals surface area (Å²) in [6.07, 6.45) is 2.05. The van der Waals surface area contributed by atoms with Gasteiger partial charge < -0.3 is 15.4 Å². The van der Waals surface area contributed by atoms with E-state index in [0.717, 1.165) is 41.4 Å². The minimum Gasteiger partial charge on any atom is -0.497 e. The highest BCUT2D eigenvalue weighted by Gasteiger charge is 2.08. The third-order valence-corrected chi connectivity index (χ3v) is 3.47. The van der Waals surface area contributed by atoms with Gasteiger partial charge in [-0.25, -0.2) is 4.98 Å². The van der Waals surface area contributed by atoms with Gasteiger partial charge in [0, 0.05) is 25.0 Å². The van der Waals surface area contributed by atoms with Crippen LogP contribution in [0, 0.1) is 0 Å². The van der Waals surface area contributed by atoms with E-state index in [4.69, 9.17) is 15.5 Å². The molecule has 112 valence electrons. The SMILES string of the molecule is CCCc1cc(CN)cc(N(C)c2ccc(OC)cc2)n1. The van der Waals surface area contributed by atoms with Crippen LogP contribution < -0.4 is 15.4 Å². The Morgan fingerprint density at radius 2 is 1.90 bits per heavy atom. The summed E-state index contributed by atoms with van der Waals surface area (Å²) in [5.41, 5.74) is 9.08. The van der Waals surface area contributed by atoms with E-state index in [0.29, 0.717) is 6.54 Å². The number of hydrogen-bond acceptors (Lipinski definition) is 4. The zero-order valence-electron chi connectivity index (χ0n) is 13.0. The largest absolute Gasteiger partial charge is 0.497 e. The molecule has 1 aromatic carbocycles. The number of benzene rings is 1. The van der Waals surface area contributed by atoms with Gasteiger partial charge in [0.05, 0.1) is 7.11 Å². The molecule has 2 N–H and O–H groups in total. The first-order valence-corrected chi connectivity index (χ1v) is 7.25. The van der Waals surface area contributed by atoms with Crippen molar-refractivity contribution in [3.63, 3.8) is 0 Å². The van der Waals surface area contributed by atoms with Crippen LogP contribution in [0.4, 0.5) is 11.5 Å². The molecule has 2 rings (SSSR count). The molecule has 0 unspecified atom stereocenters. The lowest BCUT2D eigenvalue weighted by molar-refractivity contribution is 0.415. The smallest absolute Gasteiger partial charge is 0.133 e. The Bertz CT molecular complexity index is 581. The van der Waals surface area contributed by atoms with Crippen molar-refractivity contribution in [1.82, 2.24) is 4.98 Å². The lowest BCUT2D eigenvalue weighted by atomic mass is 10.1. The molecule has 0 aliphatic carbocycles. The van der Waals surface area contributed by atoms with E-state index in [-0.39, 0.29) is 0 Å². The third kappa shape index (κ3) is 3.73. The normalized spacial score (nSPS) is 10.5. The van der Waals surface area contributed by atoms with E-state index in [1.165, 1.54) is 0 Å². The van der Waals surface area contributed by atoms with Crippen LogP contribution in [0.3, 0.4) is 0 Å². The van der Waals surface area contributed by atoms with E-state index in [1.807, 2.05) is 37.4 Å². The summed E-state index contributed by atoms with van der Waals surface area (Å²) in [6.45, 7) is 2.69. The summed E-state index contributed by atoms with van der Waals surface area (Å²) in [5, 5.41) is 0. The van der Waals surface area contributed by atoms with Crippen LogP contribution in [0.15, 0.2) is 36.4 Å². The van der Waals surface area contributed by atoms with Gasteiger partial charge in [0.2, 0.25) is 0 Å². The highest BCUT2D eigenvalue weighted by Crippen LogP contribution is 2.25. The number of anilines is 2. The van der Waals surface area contributed by atoms with Crippen molar-refractivity contribution in [3.05, 3.63) is 47.7 Å². The number of aromatic nitrogens is 1. The highest BCUT2D eigenvalue weighted by atomic mass is 16.5. The van der Waals surface area contributed by atoms with Gasteiger partial charge in [-0.3, -0.25) is 0 Å². The fourth-order valence-electron chi connectivity index (χ4n) is 2.25. The zero-order valence-corrected chi connectivity index (χ0v) is 13.0. The molecule has 0 atom stereocenters. The molecule has 0 spiro atoms. The number of hydrogen-bond donors (Lipinski definition) is 1. The van der Waals surface area contributed by atoms with Crippen molar-refractivity contribution in [3.8, 4) is 5.75 Å². The quantitative estimate of drug-likeness (QED) is 0.885. The van der Waals surface area contributed by atoms with Crippen molar-refractivity contribution in [2.75, 3.05) is 19.1 Å². The first kappa shape index (κ1) is 15.3. The van der Waals surface area contributed by atoms with E-state index >= 15 is 0 Å². The van der Waals surface area contributed by atoms with Crippen molar-refractivity contribution in [2.24, 2.45) is 5.73 Å². The lowest BCUT2D eigenvalue weighted by Crippen LogP contribution is -2.13. The molecular weight excluding hydrogens is 262 g/mol. The van der Waals surface area contributed by atoms with Gasteiger partial charge in [0.15, 0.2) is 0 Å². The number of nitrogens with two attached hydrogens (primary N) is 1. The number of methoxy groups -OCH3 is 1. The van der Waals surface area contributed by atoms with Gasteiger partial charge in [-0.05, 0) is 48.4 Å². The number of aryl methyl sites for hydroxylation is 1. The molecule has 21 heavy (non-hydrogen) atoms. The Kier molecular flexibility index (Phi) is 5.17. The first-order chi connectivity index (χ1) is 10.2. The maximum Gasteiger partial charge on any atom is 0.133 e. The molecule has 4 heteroatoms. The molecule has 1 heterocycles. The molecule has 2 aromatic rings. The van der Waals surface area contributed by atoms with Crippen molar-refractivity contribution >= 4 is 11.5 Å². The fraction of sp³-hybridized carbons (Fsp3) is 0.353. The highest BCUT2D eigenvalue weighted by molar-refractivity contribution is 5.60. The average Bonchev–Trinajstić information content (AvgIpc) is 2.54. The van der Waals surface area contributed by atoms with Gasteiger partial charge in [-0.15, -0.1) is 0 Å². The number of rotatable bonds is 6. The van der Waals surface area contributed by atoms with Crippen molar-refractivity contribution < 1.29 is 4.74 Å². The monoisotopic (exact) mass is 285 g/mol. The summed E-state index contributed by atoms with van der Waals surface area (Å²) >= 11 is 0. The number of ether oxygens (including phenoxy) is 1. The standard InChI is InChI=1S/C17H23N3O/c1-4-5-14-10-13(12-18)11-17(19-14)20(2)15-6-8-16(21-3)9-7-15/h6-11H,4-5,12,18H2,1-3H3. The first-order valence-electron chi connectivity index (χ1n) is 7.25. The molecule has 1 aromatic heterocycles. The number of nitrogens with zero attached hydrogens (tertiary/aromatic N) is 2. The van der Waals surface area contributed by atoms with Crippen LogP contribution >= 0.6 is 0 Å². The minimum absolute atomic E-state index is 0.530. The average molecular weight is 285 g/mol. The van der Waals surface area contributed by atoms with E-state index < -0.39 is 0 Å². The zero-order chi connectivity index (χ0) is 15.2. The topological polar surface area (TPSA) is 51.4 Å². The molecule has 4 nitrogen and oxygen atoms in total. The van der Waals surface area contributed by atoms with Gasteiger partial charge >= 0.3 is 0 Å². The van der Waals surface area contributed by atoms with Gasteiger partial charge in [0.1, 0.15) is 11.6 Å². The third-order valence-electron chi connectivity index (χ3n) is 3.47. The van der Waals surface area contributed by atoms with Crippen molar-refractivity contribution in [2.45, 2.75) is 26.3 Å². The molecular formula is C17H23N3O. The van der Waals surface area contributed by atoms with Gasteiger partial charge in [0.25, 0.3) is 0 Å². The fourth-order valence-corrected chi connectivity index (χ4v) is 2.25. The lowest BCUT2D eigenvalue weighted by Gasteiger charge is -2.20. The molecule has 0 saturated heterocycles. The molecule has 0 aliphatic rings. The van der Waals surface area contributed by atoms with E-state index in [2.05, 4.69) is 17.9 Å². The van der Waals surface area contributed by atoms with Gasteiger partial charge in [-0.2, -0.15) is 0 Å². The molecule has 0 fully saturated rings. The summed E-state index contributed by atoms with van der Waals surface area (Å²) in [7, 11) is 3.68. The van der Waals surface area contributed by atoms with E-state index in [1.54, 1.807) is 7.11 Å². The van der Waals surface area contributed by atoms with Crippen LogP contribution in [-0.4, -0.2) is 19.1 Å². The number of pyridine rings is 1. The van der Waals surface area contributed by atoms with Crippen LogP contribution in [0.5, 0.6) is 5.75 Å². The second-order valence-electron chi connectivity index (χ2n) is 5.04. The Morgan fingerprint density at radius 1 is 1.19 bits per heavy atom. The summed E-state index contributed by atoms with van der Waals surface area (Å²) in [5.74, 6) is 1.77. The Balaban J connectivity index is 2.31. The molecule has 0 amide bonds. The predicted molar refractivity (Wildman–Crippen MR) is 87.2 cm³/mol. The van der Waals surface area contributed by atoms with Gasteiger partial charge in [-0.1, -0.05) is 13.3 Å². The summed E-state index contributed by atoms with van der Waals surface area (Å²) < 4.78 is 5.19. The molecule has 0 saturated carbocycles. The summed E-state index contributed by atoms with van der Waals surface area (Å²) in [6, 6.07) is 12.1. The van der Waals surface area contributed by atoms with Crippen LogP contribution in [0.2, 0.25) is 0 Å². The Labute approximate surface area is 126 Å². The summed E-state index contributed by atoms with van der Waals surface area (Å²) in [4.78, 5) is 6.80. The van der Waals surface area contributed by atoms with Crippen LogP contribution in [-0.2, 0) is 13.0 Å². The molecule has 0 aliphatic heterocycles. The second kappa shape index (κ2) is 7.09. The van der Waals surface area contributed by atoms with E-state index in [9.17, 15) is 0 Å². The van der Waals surface area contributed by atoms with Crippen molar-refractivity contribution in [1.29, 1.82) is 0 Å². The second-order valence-corrected chi connectivity index (χ2v) is 5.04. The predicted octanol–water partition coefficient (Wildman–Crippen LogP) is 3.27. The Hall–Kier alpha value is -2.07.